The molecule has 0 unspecified atom stereocenters. The minimum absolute atomic E-state index is 0.348. The summed E-state index contributed by atoms with van der Waals surface area (Å²) < 4.78 is 5.60. The Morgan fingerprint density at radius 3 is 2.45 bits per heavy atom. The van der Waals surface area contributed by atoms with Crippen LogP contribution in [0.15, 0.2) is 30.5 Å². The van der Waals surface area contributed by atoms with E-state index < -0.39 is 0 Å². The number of benzene rings is 1. The molecule has 1 aliphatic heterocycles. The minimum Gasteiger partial charge on any atom is -0.463 e. The van der Waals surface area contributed by atoms with Gasteiger partial charge >= 0.3 is 6.01 Å². The van der Waals surface area contributed by atoms with Gasteiger partial charge in [-0.05, 0) is 31.4 Å². The van der Waals surface area contributed by atoms with Gasteiger partial charge in [-0.15, -0.1) is 0 Å². The van der Waals surface area contributed by atoms with Gasteiger partial charge in [0, 0.05) is 56.9 Å². The van der Waals surface area contributed by atoms with Crippen molar-refractivity contribution in [2.24, 2.45) is 0 Å². The number of rotatable bonds is 8. The fourth-order valence-corrected chi connectivity index (χ4v) is 4.13. The summed E-state index contributed by atoms with van der Waals surface area (Å²) in [4.78, 5) is 17.2. The molecule has 1 aromatic carbocycles. The van der Waals surface area contributed by atoms with Crippen molar-refractivity contribution in [3.63, 3.8) is 0 Å². The number of hydrogen-bond acceptors (Lipinski definition) is 6. The van der Waals surface area contributed by atoms with Gasteiger partial charge in [0.15, 0.2) is 5.82 Å². The monoisotopic (exact) mass is 422 g/mol. The highest BCUT2D eigenvalue weighted by molar-refractivity contribution is 5.87. The van der Waals surface area contributed by atoms with Crippen molar-refractivity contribution in [3.05, 3.63) is 47.2 Å². The van der Waals surface area contributed by atoms with Crippen molar-refractivity contribution in [1.29, 1.82) is 0 Å². The van der Waals surface area contributed by atoms with Crippen LogP contribution in [0, 0.1) is 0 Å². The van der Waals surface area contributed by atoms with Crippen LogP contribution in [-0.2, 0) is 13.0 Å². The highest BCUT2D eigenvalue weighted by Crippen LogP contribution is 2.25. The molecule has 7 nitrogen and oxygen atoms in total. The van der Waals surface area contributed by atoms with Gasteiger partial charge in [0.2, 0.25) is 0 Å². The fourth-order valence-electron chi connectivity index (χ4n) is 4.13. The average Bonchev–Trinajstić information content (AvgIpc) is 3.17. The topological polar surface area (TPSA) is 83.3 Å². The first-order chi connectivity index (χ1) is 15.0. The van der Waals surface area contributed by atoms with Gasteiger partial charge in [0.1, 0.15) is 11.0 Å². The lowest BCUT2D eigenvalue weighted by molar-refractivity contribution is 0.104. The molecule has 2 aromatic heterocycles. The van der Waals surface area contributed by atoms with Gasteiger partial charge in [-0.1, -0.05) is 31.2 Å². The summed E-state index contributed by atoms with van der Waals surface area (Å²) in [5, 5.41) is 0. The van der Waals surface area contributed by atoms with Crippen LogP contribution in [0.3, 0.4) is 0 Å². The Morgan fingerprint density at radius 1 is 1.06 bits per heavy atom. The van der Waals surface area contributed by atoms with Crippen LogP contribution in [-0.4, -0.2) is 63.6 Å². The molecule has 1 fully saturated rings. The summed E-state index contributed by atoms with van der Waals surface area (Å²) >= 11 is 0. The summed E-state index contributed by atoms with van der Waals surface area (Å²) in [6, 6.07) is 9.92. The molecule has 1 saturated heterocycles. The lowest BCUT2D eigenvalue weighted by atomic mass is 10.0. The third kappa shape index (κ3) is 5.17. The van der Waals surface area contributed by atoms with E-state index >= 15 is 0 Å². The lowest BCUT2D eigenvalue weighted by Gasteiger charge is -2.36. The molecule has 7 heteroatoms. The molecule has 0 atom stereocenters. The molecule has 166 valence electrons. The Hall–Kier alpha value is -2.64. The van der Waals surface area contributed by atoms with E-state index in [-0.39, 0.29) is 0 Å². The highest BCUT2D eigenvalue weighted by Gasteiger charge is 2.18. The molecule has 3 heterocycles. The minimum atomic E-state index is 0.348. The summed E-state index contributed by atoms with van der Waals surface area (Å²) in [5.41, 5.74) is 11.4. The van der Waals surface area contributed by atoms with Crippen molar-refractivity contribution in [2.45, 2.75) is 46.2 Å². The predicted octanol–water partition coefficient (Wildman–Crippen LogP) is 3.45. The largest absolute Gasteiger partial charge is 0.463 e. The quantitative estimate of drug-likeness (QED) is 0.579. The summed E-state index contributed by atoms with van der Waals surface area (Å²) in [5.74, 6) is 0.426. The van der Waals surface area contributed by atoms with Crippen LogP contribution in [0.5, 0.6) is 6.01 Å². The third-order valence-corrected chi connectivity index (χ3v) is 6.01. The van der Waals surface area contributed by atoms with E-state index in [1.807, 2.05) is 6.20 Å². The van der Waals surface area contributed by atoms with Gasteiger partial charge in [-0.2, -0.15) is 9.97 Å². The number of nitrogens with two attached hydrogens (primary N) is 1. The van der Waals surface area contributed by atoms with E-state index in [9.17, 15) is 0 Å². The van der Waals surface area contributed by atoms with Crippen LogP contribution in [0.1, 0.15) is 43.9 Å². The maximum absolute atomic E-state index is 6.10. The van der Waals surface area contributed by atoms with E-state index in [2.05, 4.69) is 69.8 Å². The first-order valence-corrected chi connectivity index (χ1v) is 11.3. The van der Waals surface area contributed by atoms with Crippen molar-refractivity contribution in [1.82, 2.24) is 24.8 Å². The van der Waals surface area contributed by atoms with E-state index in [1.54, 1.807) is 0 Å². The number of nitrogens with zero attached hydrogens (tertiary/aromatic N) is 4. The standard InChI is InChI=1S/C24H34N6O/c1-4-13-31-24-27-21-20(15-26-22(21)23(25)28-24)14-18-5-7-19(8-6-18)16-29-9-11-30(12-10-29)17(2)3/h5-8,15,17,26H,4,9-14,16H2,1-3H3,(H2,25,27,28). The normalized spacial score (nSPS) is 15.7. The predicted molar refractivity (Wildman–Crippen MR) is 125 cm³/mol. The summed E-state index contributed by atoms with van der Waals surface area (Å²) in [7, 11) is 0. The second-order valence-corrected chi connectivity index (χ2v) is 8.68. The molecule has 0 saturated carbocycles. The van der Waals surface area contributed by atoms with E-state index in [0.29, 0.717) is 24.5 Å². The molecule has 1 aliphatic rings. The Balaban J connectivity index is 1.41. The van der Waals surface area contributed by atoms with Crippen molar-refractivity contribution in [3.8, 4) is 6.01 Å². The van der Waals surface area contributed by atoms with Gasteiger partial charge in [0.25, 0.3) is 0 Å². The van der Waals surface area contributed by atoms with E-state index in [1.165, 1.54) is 11.1 Å². The van der Waals surface area contributed by atoms with Crippen LogP contribution in [0.25, 0.3) is 11.0 Å². The zero-order chi connectivity index (χ0) is 21.8. The second-order valence-electron chi connectivity index (χ2n) is 8.68. The number of anilines is 1. The number of nitrogens with one attached hydrogen (secondary N) is 1. The van der Waals surface area contributed by atoms with Gasteiger partial charge in [0.05, 0.1) is 6.61 Å². The number of aromatic nitrogens is 3. The number of aromatic amines is 1. The van der Waals surface area contributed by atoms with Crippen molar-refractivity contribution < 1.29 is 4.74 Å². The third-order valence-electron chi connectivity index (χ3n) is 6.01. The maximum atomic E-state index is 6.10. The van der Waals surface area contributed by atoms with Crippen LogP contribution in [0.2, 0.25) is 0 Å². The molecular formula is C24H34N6O. The summed E-state index contributed by atoms with van der Waals surface area (Å²) in [6.07, 6.45) is 3.67. The first kappa shape index (κ1) is 21.6. The average molecular weight is 423 g/mol. The Kier molecular flexibility index (Phi) is 6.73. The smallest absolute Gasteiger partial charge is 0.319 e. The molecule has 0 aliphatic carbocycles. The van der Waals surface area contributed by atoms with Gasteiger partial charge in [-0.25, -0.2) is 0 Å². The van der Waals surface area contributed by atoms with Gasteiger partial charge < -0.3 is 15.5 Å². The molecule has 0 radical (unpaired) electrons. The lowest BCUT2D eigenvalue weighted by Crippen LogP contribution is -2.48. The number of ether oxygens (including phenoxy) is 1. The zero-order valence-electron chi connectivity index (χ0n) is 18.9. The Morgan fingerprint density at radius 2 is 1.77 bits per heavy atom. The molecule has 4 rings (SSSR count). The van der Waals surface area contributed by atoms with Gasteiger partial charge in [-0.3, -0.25) is 9.80 Å². The molecule has 3 aromatic rings. The van der Waals surface area contributed by atoms with Crippen LogP contribution in [0.4, 0.5) is 5.82 Å². The molecular weight excluding hydrogens is 388 g/mol. The number of H-pyrrole nitrogens is 1. The van der Waals surface area contributed by atoms with E-state index in [0.717, 1.165) is 62.2 Å². The second kappa shape index (κ2) is 9.66. The molecule has 0 spiro atoms. The Labute approximate surface area is 184 Å². The SMILES string of the molecule is CCCOc1nc(N)c2[nH]cc(Cc3ccc(CN4CCN(C(C)C)CC4)cc3)c2n1. The molecule has 31 heavy (non-hydrogen) atoms. The molecule has 3 N–H and O–H groups in total. The number of piperazine rings is 1. The number of hydrogen-bond donors (Lipinski definition) is 2. The number of fused-ring (bicyclic) bond motifs is 1. The first-order valence-electron chi connectivity index (χ1n) is 11.3. The van der Waals surface area contributed by atoms with E-state index in [4.69, 9.17) is 10.5 Å². The fraction of sp³-hybridized carbons (Fsp3) is 0.500. The van der Waals surface area contributed by atoms with Crippen LogP contribution >= 0.6 is 0 Å². The van der Waals surface area contributed by atoms with Crippen molar-refractivity contribution >= 4 is 16.9 Å². The maximum Gasteiger partial charge on any atom is 0.319 e. The summed E-state index contributed by atoms with van der Waals surface area (Å²) in [6.45, 7) is 12.8. The molecule has 0 bridgehead atoms. The Bertz CT molecular complexity index is 989. The zero-order valence-corrected chi connectivity index (χ0v) is 18.9. The van der Waals surface area contributed by atoms with Crippen molar-refractivity contribution in [2.75, 3.05) is 38.5 Å². The highest BCUT2D eigenvalue weighted by atomic mass is 16.5. The van der Waals surface area contributed by atoms with Crippen LogP contribution < -0.4 is 10.5 Å². The number of nitrogen functional groups attached to an aromatic ring is 1. The molecule has 0 amide bonds.